The Hall–Kier alpha value is -2.49. The Kier molecular flexibility index (Phi) is 7.64. The van der Waals surface area contributed by atoms with Crippen LogP contribution in [0.25, 0.3) is 0 Å². The molecule has 1 heterocycles. The Morgan fingerprint density at radius 2 is 1.68 bits per heavy atom. The molecule has 1 saturated heterocycles. The summed E-state index contributed by atoms with van der Waals surface area (Å²) in [6.07, 6.45) is 0. The van der Waals surface area contributed by atoms with Crippen molar-refractivity contribution in [3.63, 3.8) is 0 Å². The minimum Gasteiger partial charge on any atom is -0.367 e. The first-order chi connectivity index (χ1) is 14.8. The highest BCUT2D eigenvalue weighted by Crippen LogP contribution is 2.20. The lowest BCUT2D eigenvalue weighted by atomic mass is 10.2. The van der Waals surface area contributed by atoms with Crippen molar-refractivity contribution in [1.29, 1.82) is 0 Å². The fourth-order valence-electron chi connectivity index (χ4n) is 3.35. The van der Waals surface area contributed by atoms with E-state index in [1.165, 1.54) is 18.2 Å². The molecule has 0 saturated carbocycles. The summed E-state index contributed by atoms with van der Waals surface area (Å²) in [5, 5.41) is 2.74. The van der Waals surface area contributed by atoms with Gasteiger partial charge in [0.05, 0.1) is 10.6 Å². The SMILES string of the molecule is CC(C)C(=O)Nc1ccc(S(=O)(=O)NCCN2CCN(c3ccccc3F)CC2)cc1. The maximum absolute atomic E-state index is 13.9. The number of carbonyl (C=O) groups excluding carboxylic acids is 1. The molecule has 1 aliphatic heterocycles. The van der Waals surface area contributed by atoms with Gasteiger partial charge in [-0.2, -0.15) is 0 Å². The summed E-state index contributed by atoms with van der Waals surface area (Å²) in [7, 11) is -3.63. The summed E-state index contributed by atoms with van der Waals surface area (Å²) in [6.45, 7) is 7.30. The van der Waals surface area contributed by atoms with Crippen molar-refractivity contribution in [2.75, 3.05) is 49.5 Å². The van der Waals surface area contributed by atoms with Gasteiger partial charge in [-0.05, 0) is 36.4 Å². The Labute approximate surface area is 183 Å². The summed E-state index contributed by atoms with van der Waals surface area (Å²) in [5.41, 5.74) is 1.17. The van der Waals surface area contributed by atoms with Gasteiger partial charge in [0.1, 0.15) is 5.82 Å². The van der Waals surface area contributed by atoms with Crippen LogP contribution in [0, 0.1) is 11.7 Å². The highest BCUT2D eigenvalue weighted by molar-refractivity contribution is 7.89. The van der Waals surface area contributed by atoms with Gasteiger partial charge in [0.15, 0.2) is 0 Å². The van der Waals surface area contributed by atoms with E-state index in [0.717, 1.165) is 13.1 Å². The molecule has 3 rings (SSSR count). The number of hydrogen-bond donors (Lipinski definition) is 2. The van der Waals surface area contributed by atoms with Gasteiger partial charge in [-0.25, -0.2) is 17.5 Å². The van der Waals surface area contributed by atoms with E-state index < -0.39 is 10.0 Å². The van der Waals surface area contributed by atoms with Crippen molar-refractivity contribution in [3.8, 4) is 0 Å². The Morgan fingerprint density at radius 3 is 2.29 bits per heavy atom. The summed E-state index contributed by atoms with van der Waals surface area (Å²) < 4.78 is 41.6. The predicted octanol–water partition coefficient (Wildman–Crippen LogP) is 2.52. The Balaban J connectivity index is 1.46. The van der Waals surface area contributed by atoms with Crippen molar-refractivity contribution >= 4 is 27.3 Å². The smallest absolute Gasteiger partial charge is 0.240 e. The topological polar surface area (TPSA) is 81.7 Å². The summed E-state index contributed by atoms with van der Waals surface area (Å²) in [4.78, 5) is 16.1. The van der Waals surface area contributed by atoms with Crippen LogP contribution < -0.4 is 14.9 Å². The van der Waals surface area contributed by atoms with Crippen LogP contribution in [0.1, 0.15) is 13.8 Å². The zero-order valence-corrected chi connectivity index (χ0v) is 18.7. The van der Waals surface area contributed by atoms with E-state index >= 15 is 0 Å². The zero-order valence-electron chi connectivity index (χ0n) is 17.8. The molecule has 0 radical (unpaired) electrons. The second kappa shape index (κ2) is 10.2. The van der Waals surface area contributed by atoms with E-state index in [1.54, 1.807) is 38.1 Å². The second-order valence-corrected chi connectivity index (χ2v) is 9.61. The number of halogens is 1. The number of amides is 1. The standard InChI is InChI=1S/C22H29FN4O3S/c1-17(2)22(28)25-18-7-9-19(10-8-18)31(29,30)24-11-12-26-13-15-27(16-14-26)21-6-4-3-5-20(21)23/h3-10,17,24H,11-16H2,1-2H3,(H,25,28). The molecule has 0 aliphatic carbocycles. The van der Waals surface area contributed by atoms with E-state index in [2.05, 4.69) is 14.9 Å². The molecule has 168 valence electrons. The maximum Gasteiger partial charge on any atom is 0.240 e. The summed E-state index contributed by atoms with van der Waals surface area (Å²) in [6, 6.07) is 12.9. The van der Waals surface area contributed by atoms with Gasteiger partial charge in [0.25, 0.3) is 0 Å². The molecule has 2 aromatic rings. The van der Waals surface area contributed by atoms with E-state index in [-0.39, 0.29) is 29.1 Å². The average molecular weight is 449 g/mol. The third-order valence-electron chi connectivity index (χ3n) is 5.24. The van der Waals surface area contributed by atoms with E-state index in [9.17, 15) is 17.6 Å². The van der Waals surface area contributed by atoms with E-state index in [1.807, 2.05) is 11.0 Å². The minimum absolute atomic E-state index is 0.121. The molecule has 2 N–H and O–H groups in total. The van der Waals surface area contributed by atoms with Gasteiger partial charge < -0.3 is 10.2 Å². The average Bonchev–Trinajstić information content (AvgIpc) is 2.75. The van der Waals surface area contributed by atoms with Gasteiger partial charge >= 0.3 is 0 Å². The quantitative estimate of drug-likeness (QED) is 0.649. The van der Waals surface area contributed by atoms with Crippen LogP contribution in [0.5, 0.6) is 0 Å². The molecule has 1 fully saturated rings. The molecular weight excluding hydrogens is 419 g/mol. The lowest BCUT2D eigenvalue weighted by Crippen LogP contribution is -2.48. The first-order valence-corrected chi connectivity index (χ1v) is 11.9. The molecule has 31 heavy (non-hydrogen) atoms. The van der Waals surface area contributed by atoms with Crippen molar-refractivity contribution in [1.82, 2.24) is 9.62 Å². The van der Waals surface area contributed by atoms with Crippen LogP contribution >= 0.6 is 0 Å². The number of nitrogens with one attached hydrogen (secondary N) is 2. The van der Waals surface area contributed by atoms with E-state index in [0.29, 0.717) is 31.0 Å². The van der Waals surface area contributed by atoms with Gasteiger partial charge in [-0.1, -0.05) is 26.0 Å². The highest BCUT2D eigenvalue weighted by atomic mass is 32.2. The Bertz CT molecular complexity index is 988. The first kappa shape index (κ1) is 23.2. The molecule has 0 aromatic heterocycles. The number of piperazine rings is 1. The number of benzene rings is 2. The predicted molar refractivity (Wildman–Crippen MR) is 120 cm³/mol. The fourth-order valence-corrected chi connectivity index (χ4v) is 4.37. The van der Waals surface area contributed by atoms with Crippen LogP contribution in [0.2, 0.25) is 0 Å². The van der Waals surface area contributed by atoms with Crippen molar-refractivity contribution in [3.05, 3.63) is 54.3 Å². The summed E-state index contributed by atoms with van der Waals surface area (Å²) >= 11 is 0. The van der Waals surface area contributed by atoms with Gasteiger partial charge in [0, 0.05) is 50.9 Å². The largest absolute Gasteiger partial charge is 0.367 e. The fraction of sp³-hybridized carbons (Fsp3) is 0.409. The number of anilines is 2. The molecule has 7 nitrogen and oxygen atoms in total. The van der Waals surface area contributed by atoms with E-state index in [4.69, 9.17) is 0 Å². The number of hydrogen-bond acceptors (Lipinski definition) is 5. The normalized spacial score (nSPS) is 15.3. The van der Waals surface area contributed by atoms with Crippen molar-refractivity contribution in [2.45, 2.75) is 18.7 Å². The number of nitrogens with zero attached hydrogens (tertiary/aromatic N) is 2. The lowest BCUT2D eigenvalue weighted by molar-refractivity contribution is -0.118. The molecule has 1 amide bonds. The molecule has 1 aliphatic rings. The van der Waals surface area contributed by atoms with Crippen molar-refractivity contribution in [2.24, 2.45) is 5.92 Å². The maximum atomic E-state index is 13.9. The monoisotopic (exact) mass is 448 g/mol. The van der Waals surface area contributed by atoms with Gasteiger partial charge in [0.2, 0.25) is 15.9 Å². The van der Waals surface area contributed by atoms with Crippen LogP contribution in [0.4, 0.5) is 15.8 Å². The summed E-state index contributed by atoms with van der Waals surface area (Å²) in [5.74, 6) is -0.499. The number of carbonyl (C=O) groups is 1. The first-order valence-electron chi connectivity index (χ1n) is 10.4. The molecule has 0 spiro atoms. The van der Waals surface area contributed by atoms with Crippen LogP contribution in [-0.2, 0) is 14.8 Å². The van der Waals surface area contributed by atoms with Crippen molar-refractivity contribution < 1.29 is 17.6 Å². The molecule has 0 unspecified atom stereocenters. The molecule has 0 bridgehead atoms. The van der Waals surface area contributed by atoms with Crippen LogP contribution in [0.15, 0.2) is 53.4 Å². The number of para-hydroxylation sites is 1. The number of sulfonamides is 1. The van der Waals surface area contributed by atoms with Gasteiger partial charge in [-0.15, -0.1) is 0 Å². The molecule has 0 atom stereocenters. The lowest BCUT2D eigenvalue weighted by Gasteiger charge is -2.36. The third-order valence-corrected chi connectivity index (χ3v) is 6.72. The molecule has 9 heteroatoms. The van der Waals surface area contributed by atoms with Crippen LogP contribution in [0.3, 0.4) is 0 Å². The number of rotatable bonds is 8. The molecule has 2 aromatic carbocycles. The van der Waals surface area contributed by atoms with Gasteiger partial charge in [-0.3, -0.25) is 9.69 Å². The minimum atomic E-state index is -3.63. The third kappa shape index (κ3) is 6.25. The van der Waals surface area contributed by atoms with Crippen LogP contribution in [-0.4, -0.2) is 58.5 Å². The zero-order chi connectivity index (χ0) is 22.4. The second-order valence-electron chi connectivity index (χ2n) is 7.85. The highest BCUT2D eigenvalue weighted by Gasteiger charge is 2.20. The molecular formula is C22H29FN4O3S. The Morgan fingerprint density at radius 1 is 1.03 bits per heavy atom.